The summed E-state index contributed by atoms with van der Waals surface area (Å²) in [6.07, 6.45) is -1.19. The predicted molar refractivity (Wildman–Crippen MR) is 128 cm³/mol. The van der Waals surface area contributed by atoms with Crippen LogP contribution in [0.3, 0.4) is 0 Å². The quantitative estimate of drug-likeness (QED) is 0.102. The van der Waals surface area contributed by atoms with Gasteiger partial charge in [0.2, 0.25) is 0 Å². The van der Waals surface area contributed by atoms with Crippen molar-refractivity contribution in [3.63, 3.8) is 0 Å². The summed E-state index contributed by atoms with van der Waals surface area (Å²) in [7, 11) is 1.52. The Kier molecular flexibility index (Phi) is 8.77. The number of aryl methyl sites for hydroxylation is 1. The minimum atomic E-state index is -2.68. The molecule has 1 heterocycles. The minimum Gasteiger partial charge on any atom is -0.496 e. The Hall–Kier alpha value is -3.25. The predicted octanol–water partition coefficient (Wildman–Crippen LogP) is 5.62. The number of alkyl halides is 2. The maximum Gasteiger partial charge on any atom is 0.280 e. The Morgan fingerprint density at radius 3 is 2.68 bits per heavy atom. The number of nitrogens with zero attached hydrogens (tertiary/aromatic N) is 3. The van der Waals surface area contributed by atoms with Crippen LogP contribution in [-0.2, 0) is 5.75 Å². The van der Waals surface area contributed by atoms with Gasteiger partial charge < -0.3 is 10.1 Å². The van der Waals surface area contributed by atoms with Gasteiger partial charge in [-0.3, -0.25) is 5.43 Å². The molecule has 0 aliphatic heterocycles. The van der Waals surface area contributed by atoms with Crippen molar-refractivity contribution in [1.29, 1.82) is 0 Å². The number of hydrazone groups is 1. The second-order valence-electron chi connectivity index (χ2n) is 6.83. The molecule has 6 nitrogen and oxygen atoms in total. The lowest BCUT2D eigenvalue weighted by Crippen LogP contribution is -2.24. The number of benzene rings is 2. The number of rotatable bonds is 8. The molecule has 34 heavy (non-hydrogen) atoms. The number of methoxy groups -OCH3 is 1. The molecule has 0 saturated heterocycles. The number of thiocarbonyl (C=S) groups is 1. The second kappa shape index (κ2) is 11.7. The molecule has 12 heteroatoms. The topological polar surface area (TPSA) is 71.4 Å². The second-order valence-corrected chi connectivity index (χ2v) is 8.18. The first kappa shape index (κ1) is 25.4. The van der Waals surface area contributed by atoms with Gasteiger partial charge in [0, 0.05) is 23.1 Å². The largest absolute Gasteiger partial charge is 0.496 e. The Morgan fingerprint density at radius 2 is 1.97 bits per heavy atom. The first-order valence-electron chi connectivity index (χ1n) is 9.73. The molecule has 0 fully saturated rings. The summed E-state index contributed by atoms with van der Waals surface area (Å²) in [5.74, 6) is -0.516. The number of hydrogen-bond donors (Lipinski definition) is 2. The fourth-order valence-electron chi connectivity index (χ4n) is 2.78. The first-order chi connectivity index (χ1) is 16.2. The Bertz CT molecular complexity index is 1210. The standard InChI is InChI=1S/C22H19F4N5OS2/c1-12-7-18(20(25)26)30-22(28-12)34-11-14-8-13(3-6-19(14)32-2)10-27-31-21(33)29-17-5-4-15(23)9-16(17)24/h3-10,20H,11H2,1-2H3,(H2,29,31,33). The van der Waals surface area contributed by atoms with Gasteiger partial charge in [0.05, 0.1) is 19.0 Å². The fourth-order valence-corrected chi connectivity index (χ4v) is 3.83. The number of ether oxygens (including phenoxy) is 1. The van der Waals surface area contributed by atoms with Crippen LogP contribution in [0.5, 0.6) is 5.75 Å². The number of nitrogens with one attached hydrogen (secondary N) is 2. The summed E-state index contributed by atoms with van der Waals surface area (Å²) in [6.45, 7) is 1.63. The minimum absolute atomic E-state index is 0.00576. The summed E-state index contributed by atoms with van der Waals surface area (Å²) in [5, 5.41) is 6.84. The molecule has 178 valence electrons. The molecule has 3 rings (SSSR count). The van der Waals surface area contributed by atoms with Gasteiger partial charge in [-0.25, -0.2) is 27.5 Å². The third-order valence-electron chi connectivity index (χ3n) is 4.30. The van der Waals surface area contributed by atoms with E-state index in [2.05, 4.69) is 25.8 Å². The van der Waals surface area contributed by atoms with E-state index in [1.54, 1.807) is 25.1 Å². The van der Waals surface area contributed by atoms with Crippen LogP contribution in [0.2, 0.25) is 0 Å². The zero-order chi connectivity index (χ0) is 24.7. The highest BCUT2D eigenvalue weighted by atomic mass is 32.2. The molecule has 0 amide bonds. The number of halogens is 4. The van der Waals surface area contributed by atoms with E-state index in [1.807, 2.05) is 0 Å². The Labute approximate surface area is 202 Å². The van der Waals surface area contributed by atoms with Gasteiger partial charge in [0.1, 0.15) is 23.1 Å². The highest BCUT2D eigenvalue weighted by Crippen LogP contribution is 2.28. The monoisotopic (exact) mass is 509 g/mol. The summed E-state index contributed by atoms with van der Waals surface area (Å²) in [6, 6.07) is 9.61. The fraction of sp³-hybridized carbons (Fsp3) is 0.182. The molecular formula is C22H19F4N5OS2. The van der Waals surface area contributed by atoms with Crippen LogP contribution in [0.25, 0.3) is 0 Å². The molecule has 0 spiro atoms. The van der Waals surface area contributed by atoms with E-state index >= 15 is 0 Å². The van der Waals surface area contributed by atoms with Crippen LogP contribution in [0.4, 0.5) is 23.2 Å². The van der Waals surface area contributed by atoms with Crippen LogP contribution in [0.1, 0.15) is 28.9 Å². The lowest BCUT2D eigenvalue weighted by molar-refractivity contribution is 0.145. The van der Waals surface area contributed by atoms with Crippen molar-refractivity contribution >= 4 is 41.0 Å². The summed E-state index contributed by atoms with van der Waals surface area (Å²) < 4.78 is 58.1. The van der Waals surface area contributed by atoms with E-state index in [4.69, 9.17) is 17.0 Å². The van der Waals surface area contributed by atoms with Crippen molar-refractivity contribution in [3.05, 3.63) is 76.6 Å². The van der Waals surface area contributed by atoms with Crippen LogP contribution in [0, 0.1) is 18.6 Å². The summed E-state index contributed by atoms with van der Waals surface area (Å²) in [5.41, 5.74) is 4.16. The van der Waals surface area contributed by atoms with Gasteiger partial charge >= 0.3 is 0 Å². The molecule has 0 atom stereocenters. The zero-order valence-electron chi connectivity index (χ0n) is 18.0. The maximum atomic E-state index is 13.7. The lowest BCUT2D eigenvalue weighted by Gasteiger charge is -2.10. The summed E-state index contributed by atoms with van der Waals surface area (Å²) >= 11 is 6.26. The molecule has 0 aliphatic rings. The Balaban J connectivity index is 1.65. The van der Waals surface area contributed by atoms with Gasteiger partial charge in [-0.05, 0) is 61.1 Å². The average molecular weight is 510 g/mol. The van der Waals surface area contributed by atoms with E-state index in [1.165, 1.54) is 37.2 Å². The van der Waals surface area contributed by atoms with Gasteiger partial charge in [-0.2, -0.15) is 5.10 Å². The van der Waals surface area contributed by atoms with Gasteiger partial charge in [-0.1, -0.05) is 11.8 Å². The van der Waals surface area contributed by atoms with Crippen molar-refractivity contribution in [2.75, 3.05) is 12.4 Å². The number of thioether (sulfide) groups is 1. The van der Waals surface area contributed by atoms with Crippen molar-refractivity contribution in [1.82, 2.24) is 15.4 Å². The maximum absolute atomic E-state index is 13.7. The smallest absolute Gasteiger partial charge is 0.280 e. The molecule has 0 radical (unpaired) electrons. The van der Waals surface area contributed by atoms with Gasteiger partial charge in [-0.15, -0.1) is 0 Å². The van der Waals surface area contributed by atoms with E-state index in [0.29, 0.717) is 22.8 Å². The third kappa shape index (κ3) is 7.12. The molecule has 2 aromatic carbocycles. The van der Waals surface area contributed by atoms with Crippen molar-refractivity contribution in [2.24, 2.45) is 5.10 Å². The molecule has 0 aliphatic carbocycles. The highest BCUT2D eigenvalue weighted by molar-refractivity contribution is 7.98. The highest BCUT2D eigenvalue weighted by Gasteiger charge is 2.13. The lowest BCUT2D eigenvalue weighted by atomic mass is 10.1. The normalized spacial score (nSPS) is 11.1. The summed E-state index contributed by atoms with van der Waals surface area (Å²) in [4.78, 5) is 8.09. The van der Waals surface area contributed by atoms with Crippen LogP contribution < -0.4 is 15.5 Å². The van der Waals surface area contributed by atoms with E-state index in [-0.39, 0.29) is 21.7 Å². The van der Waals surface area contributed by atoms with Crippen molar-refractivity contribution in [2.45, 2.75) is 24.3 Å². The number of anilines is 1. The molecule has 2 N–H and O–H groups in total. The molecular weight excluding hydrogens is 490 g/mol. The van der Waals surface area contributed by atoms with Crippen LogP contribution >= 0.6 is 24.0 Å². The van der Waals surface area contributed by atoms with E-state index < -0.39 is 18.1 Å². The SMILES string of the molecule is COc1ccc(C=NNC(=S)Nc2ccc(F)cc2F)cc1CSc1nc(C)cc(C(F)F)n1. The van der Waals surface area contributed by atoms with Gasteiger partial charge in [0.15, 0.2) is 10.3 Å². The molecule has 0 unspecified atom stereocenters. The first-order valence-corrected chi connectivity index (χ1v) is 11.1. The van der Waals surface area contributed by atoms with Crippen molar-refractivity contribution < 1.29 is 22.3 Å². The molecule has 0 saturated carbocycles. The zero-order valence-corrected chi connectivity index (χ0v) is 19.6. The van der Waals surface area contributed by atoms with E-state index in [9.17, 15) is 17.6 Å². The Morgan fingerprint density at radius 1 is 1.18 bits per heavy atom. The van der Waals surface area contributed by atoms with Gasteiger partial charge in [0.25, 0.3) is 6.43 Å². The van der Waals surface area contributed by atoms with Crippen LogP contribution in [-0.4, -0.2) is 28.4 Å². The average Bonchev–Trinajstić information content (AvgIpc) is 2.79. The molecule has 3 aromatic rings. The van der Waals surface area contributed by atoms with E-state index in [0.717, 1.165) is 17.7 Å². The van der Waals surface area contributed by atoms with Crippen LogP contribution in [0.15, 0.2) is 52.7 Å². The third-order valence-corrected chi connectivity index (χ3v) is 5.39. The number of aromatic nitrogens is 2. The van der Waals surface area contributed by atoms with Crippen molar-refractivity contribution in [3.8, 4) is 5.75 Å². The number of hydrogen-bond acceptors (Lipinski definition) is 6. The molecule has 0 bridgehead atoms. The molecule has 1 aromatic heterocycles.